The summed E-state index contributed by atoms with van der Waals surface area (Å²) < 4.78 is 18.0. The van der Waals surface area contributed by atoms with Crippen LogP contribution in [0.3, 0.4) is 0 Å². The van der Waals surface area contributed by atoms with Crippen molar-refractivity contribution in [2.75, 3.05) is 59.1 Å². The van der Waals surface area contributed by atoms with Gasteiger partial charge in [0.2, 0.25) is 23.6 Å². The van der Waals surface area contributed by atoms with Gasteiger partial charge in [0.15, 0.2) is 0 Å². The van der Waals surface area contributed by atoms with Crippen LogP contribution < -0.4 is 55.7 Å². The van der Waals surface area contributed by atoms with Crippen molar-refractivity contribution in [1.82, 2.24) is 21.3 Å². The highest BCUT2D eigenvalue weighted by molar-refractivity contribution is 5.82. The molecule has 0 aromatic heterocycles. The molecule has 17 nitrogen and oxygen atoms in total. The summed E-state index contributed by atoms with van der Waals surface area (Å²) in [4.78, 5) is 50.2. The van der Waals surface area contributed by atoms with Gasteiger partial charge in [-0.2, -0.15) is 0 Å². The van der Waals surface area contributed by atoms with Crippen LogP contribution in [0.1, 0.15) is 159 Å². The van der Waals surface area contributed by atoms with E-state index in [1.807, 2.05) is 34.6 Å². The molecule has 0 aliphatic rings. The minimum atomic E-state index is -0.852. The number of nitrogens with two attached hydrogens (primary N) is 6. The number of nitrogens with one attached hydrogen (secondary N) is 4. The Morgan fingerprint density at radius 2 is 1.00 bits per heavy atom. The minimum Gasteiger partial charge on any atom is -0.378 e. The Morgan fingerprint density at radius 1 is 0.548 bits per heavy atom. The van der Waals surface area contributed by atoms with Gasteiger partial charge in [0, 0.05) is 57.8 Å². The van der Waals surface area contributed by atoms with Crippen LogP contribution in [0.25, 0.3) is 0 Å². The maximum atomic E-state index is 13.0. The van der Waals surface area contributed by atoms with E-state index in [0.29, 0.717) is 130 Å². The van der Waals surface area contributed by atoms with Crippen LogP contribution in [0.5, 0.6) is 0 Å². The zero-order valence-electron chi connectivity index (χ0n) is 40.5. The second-order valence-corrected chi connectivity index (χ2v) is 20.0. The third kappa shape index (κ3) is 30.6. The lowest BCUT2D eigenvalue weighted by Crippen LogP contribution is -2.45. The first-order chi connectivity index (χ1) is 28.8. The van der Waals surface area contributed by atoms with Gasteiger partial charge in [-0.25, -0.2) is 0 Å². The Morgan fingerprint density at radius 3 is 1.48 bits per heavy atom. The SMILES string of the molecule is CC(CCC(=O)NCC(C)(C)CCOC(C)(N)CCCNC(=O)C(N)CCCCN)OCCC(C)(C)C(=O)NCCCC(C)(N)OCCC(C)(C)CNC(=O)C(N)CCCCN. The Balaban J connectivity index is 4.30. The number of carbonyl (C=O) groups is 4. The molecule has 0 saturated carbocycles. The van der Waals surface area contributed by atoms with Crippen molar-refractivity contribution in [2.45, 2.75) is 188 Å². The van der Waals surface area contributed by atoms with Crippen molar-refractivity contribution in [2.24, 2.45) is 50.6 Å². The quantitative estimate of drug-likeness (QED) is 0.0316. The largest absolute Gasteiger partial charge is 0.378 e. The van der Waals surface area contributed by atoms with E-state index in [4.69, 9.17) is 48.6 Å². The summed E-state index contributed by atoms with van der Waals surface area (Å²) in [5.74, 6) is -0.413. The van der Waals surface area contributed by atoms with Crippen LogP contribution in [0.4, 0.5) is 0 Å². The predicted octanol–water partition coefficient (Wildman–Crippen LogP) is 2.74. The van der Waals surface area contributed by atoms with E-state index in [0.717, 1.165) is 25.7 Å². The Labute approximate surface area is 375 Å². The smallest absolute Gasteiger partial charge is 0.236 e. The number of unbranched alkanes of at least 4 members (excludes halogenated alkanes) is 2. The van der Waals surface area contributed by atoms with Crippen molar-refractivity contribution < 1.29 is 33.4 Å². The summed E-state index contributed by atoms with van der Waals surface area (Å²) in [6.45, 7) is 22.1. The predicted molar refractivity (Wildman–Crippen MR) is 249 cm³/mol. The van der Waals surface area contributed by atoms with Crippen LogP contribution >= 0.6 is 0 Å². The molecule has 16 N–H and O–H groups in total. The zero-order valence-corrected chi connectivity index (χ0v) is 40.5. The fraction of sp³-hybridized carbons (Fsp3) is 0.911. The molecule has 0 aromatic carbocycles. The molecule has 0 spiro atoms. The van der Waals surface area contributed by atoms with E-state index in [1.54, 1.807) is 0 Å². The highest BCUT2D eigenvalue weighted by Crippen LogP contribution is 2.24. The maximum Gasteiger partial charge on any atom is 0.236 e. The van der Waals surface area contributed by atoms with Gasteiger partial charge in [-0.1, -0.05) is 54.4 Å². The summed E-state index contributed by atoms with van der Waals surface area (Å²) in [6, 6.07) is -1.06. The van der Waals surface area contributed by atoms with Gasteiger partial charge < -0.3 is 69.9 Å². The average molecular weight is 887 g/mol. The topological polar surface area (TPSA) is 300 Å². The molecule has 0 radical (unpaired) electrons. The normalized spacial score (nSPS) is 15.8. The second-order valence-electron chi connectivity index (χ2n) is 20.0. The van der Waals surface area contributed by atoms with Gasteiger partial charge >= 0.3 is 0 Å². The third-order valence-corrected chi connectivity index (χ3v) is 11.3. The number of carbonyl (C=O) groups excluding carboxylic acids is 4. The lowest BCUT2D eigenvalue weighted by atomic mass is 9.88. The zero-order chi connectivity index (χ0) is 47.5. The molecule has 0 aliphatic carbocycles. The first kappa shape index (κ1) is 59.5. The number of rotatable bonds is 38. The van der Waals surface area contributed by atoms with Crippen LogP contribution in [-0.2, 0) is 33.4 Å². The summed E-state index contributed by atoms with van der Waals surface area (Å²) in [5.41, 5.74) is 33.0. The van der Waals surface area contributed by atoms with Gasteiger partial charge in [0.05, 0.1) is 18.2 Å². The molecule has 0 rings (SSSR count). The fourth-order valence-corrected chi connectivity index (χ4v) is 6.31. The van der Waals surface area contributed by atoms with Gasteiger partial charge in [-0.15, -0.1) is 0 Å². The van der Waals surface area contributed by atoms with Crippen molar-refractivity contribution in [3.05, 3.63) is 0 Å². The second kappa shape index (κ2) is 30.6. The monoisotopic (exact) mass is 887 g/mol. The maximum absolute atomic E-state index is 13.0. The van der Waals surface area contributed by atoms with Gasteiger partial charge in [-0.05, 0) is 122 Å². The molecule has 0 heterocycles. The number of hydrogen-bond acceptors (Lipinski definition) is 13. The molecule has 0 aromatic rings. The Hall–Kier alpha value is -2.48. The summed E-state index contributed by atoms with van der Waals surface area (Å²) in [6.07, 6.45) is 9.74. The molecule has 0 fully saturated rings. The molecular formula is C45H94N10O7. The average Bonchev–Trinajstić information content (AvgIpc) is 3.18. The molecule has 4 amide bonds. The molecule has 5 unspecified atom stereocenters. The lowest BCUT2D eigenvalue weighted by Gasteiger charge is -2.30. The van der Waals surface area contributed by atoms with E-state index in [-0.39, 0.29) is 40.6 Å². The highest BCUT2D eigenvalue weighted by Gasteiger charge is 2.29. The van der Waals surface area contributed by atoms with Crippen molar-refractivity contribution in [3.63, 3.8) is 0 Å². The molecule has 0 saturated heterocycles. The molecule has 62 heavy (non-hydrogen) atoms. The lowest BCUT2D eigenvalue weighted by molar-refractivity contribution is -0.130. The van der Waals surface area contributed by atoms with Crippen LogP contribution in [-0.4, -0.2) is 112 Å². The Bertz CT molecular complexity index is 1270. The molecule has 5 atom stereocenters. The first-order valence-electron chi connectivity index (χ1n) is 23.3. The standard InChI is InChI=1S/C45H94N10O7/c1-34(18-19-37(56)54-32-41(2,3)22-30-61-44(8,50)20-14-27-52-38(57)35(48)16-10-12-25-46)60-29-24-43(6,7)40(59)53-28-15-21-45(9,51)62-31-23-42(4,5)33-55-39(58)36(49)17-11-13-26-47/h34-36H,10-33,46-51H2,1-9H3,(H,52,57)(H,53,59)(H,54,56)(H,55,58). The van der Waals surface area contributed by atoms with Crippen LogP contribution in [0.2, 0.25) is 0 Å². The van der Waals surface area contributed by atoms with Crippen molar-refractivity contribution in [1.29, 1.82) is 0 Å². The summed E-state index contributed by atoms with van der Waals surface area (Å²) in [5, 5.41) is 11.9. The molecular weight excluding hydrogens is 793 g/mol. The van der Waals surface area contributed by atoms with Gasteiger partial charge in [-0.3, -0.25) is 19.2 Å². The molecule has 0 aliphatic heterocycles. The van der Waals surface area contributed by atoms with E-state index >= 15 is 0 Å². The Kier molecular flexibility index (Phi) is 29.4. The minimum absolute atomic E-state index is 0.0433. The number of hydrogen-bond donors (Lipinski definition) is 10. The number of ether oxygens (including phenoxy) is 3. The third-order valence-electron chi connectivity index (χ3n) is 11.3. The summed E-state index contributed by atoms with van der Waals surface area (Å²) in [7, 11) is 0. The van der Waals surface area contributed by atoms with E-state index in [2.05, 4.69) is 49.0 Å². The van der Waals surface area contributed by atoms with E-state index < -0.39 is 28.9 Å². The van der Waals surface area contributed by atoms with Crippen LogP contribution in [0.15, 0.2) is 0 Å². The van der Waals surface area contributed by atoms with Crippen molar-refractivity contribution in [3.8, 4) is 0 Å². The van der Waals surface area contributed by atoms with Gasteiger partial charge in [0.1, 0.15) is 11.4 Å². The molecule has 0 bridgehead atoms. The van der Waals surface area contributed by atoms with Crippen LogP contribution in [0, 0.1) is 16.2 Å². The first-order valence-corrected chi connectivity index (χ1v) is 23.3. The van der Waals surface area contributed by atoms with Crippen molar-refractivity contribution >= 4 is 23.6 Å². The summed E-state index contributed by atoms with van der Waals surface area (Å²) >= 11 is 0. The molecule has 366 valence electrons. The highest BCUT2D eigenvalue weighted by atomic mass is 16.5. The molecule has 17 heteroatoms. The van der Waals surface area contributed by atoms with Gasteiger partial charge in [0.25, 0.3) is 0 Å². The van der Waals surface area contributed by atoms with E-state index in [1.165, 1.54) is 0 Å². The number of amides is 4. The van der Waals surface area contributed by atoms with E-state index in [9.17, 15) is 19.2 Å². The fourth-order valence-electron chi connectivity index (χ4n) is 6.31.